The Morgan fingerprint density at radius 1 is 0.816 bits per heavy atom. The van der Waals surface area contributed by atoms with Crippen molar-refractivity contribution < 1.29 is 52.7 Å². The van der Waals surface area contributed by atoms with Crippen LogP contribution in [-0.2, 0) is 34.5 Å². The van der Waals surface area contributed by atoms with Crippen LogP contribution in [0.4, 0.5) is 40.3 Å². The van der Waals surface area contributed by atoms with Crippen LogP contribution in [0.25, 0.3) is 22.4 Å². The number of likely N-dealkylation sites (tertiary alicyclic amines) is 1. The number of carbonyl (C=O) groups is 1. The Bertz CT molecular complexity index is 3460. The highest BCUT2D eigenvalue weighted by atomic mass is 35.5. The van der Waals surface area contributed by atoms with Gasteiger partial charge in [-0.05, 0) is 130 Å². The van der Waals surface area contributed by atoms with Crippen LogP contribution in [-0.4, -0.2) is 115 Å². The fourth-order valence-corrected chi connectivity index (χ4v) is 14.3. The Morgan fingerprint density at radius 3 is 2.01 bits per heavy atom. The van der Waals surface area contributed by atoms with E-state index in [-0.39, 0.29) is 35.5 Å². The second-order valence-electron chi connectivity index (χ2n) is 19.6. The van der Waals surface area contributed by atoms with Crippen molar-refractivity contribution in [3.05, 3.63) is 132 Å². The average Bonchev–Trinajstić information content (AvgIpc) is 3.68. The van der Waals surface area contributed by atoms with Crippen LogP contribution in [0.5, 0.6) is 0 Å². The fourth-order valence-electron chi connectivity index (χ4n) is 9.86. The van der Waals surface area contributed by atoms with Crippen LogP contribution >= 0.6 is 23.4 Å². The van der Waals surface area contributed by atoms with Gasteiger partial charge in [0.15, 0.2) is 9.84 Å². The molecule has 6 aromatic rings. The molecule has 1 aromatic heterocycles. The first kappa shape index (κ1) is 56.4. The Balaban J connectivity index is 0.985. The quantitative estimate of drug-likeness (QED) is 0.0516. The number of sulfone groups is 2. The maximum absolute atomic E-state index is 15.8. The van der Waals surface area contributed by atoms with E-state index in [2.05, 4.69) is 10.0 Å². The lowest BCUT2D eigenvalue weighted by Crippen LogP contribution is -2.59. The summed E-state index contributed by atoms with van der Waals surface area (Å²) >= 11 is 7.62. The first-order valence-corrected chi connectivity index (χ1v) is 30.4. The number of nitrogens with zero attached hydrogens (tertiary/aromatic N) is 4. The Morgan fingerprint density at radius 2 is 1.43 bits per heavy atom. The zero-order valence-electron chi connectivity index (χ0n) is 42.1. The number of thioether (sulfide) groups is 1. The van der Waals surface area contributed by atoms with E-state index < -0.39 is 73.9 Å². The molecule has 14 nitrogen and oxygen atoms in total. The summed E-state index contributed by atoms with van der Waals surface area (Å²) in [5, 5.41) is 13.0. The number of hydrogen-bond acceptors (Lipinski definition) is 12. The predicted octanol–water partition coefficient (Wildman–Crippen LogP) is 10.7. The lowest BCUT2D eigenvalue weighted by Gasteiger charge is -2.45. The number of sulfonamides is 1. The number of aromatic nitrogens is 1. The molecule has 5 aromatic carbocycles. The summed E-state index contributed by atoms with van der Waals surface area (Å²) in [5.74, 6) is -1.23. The number of carboxylic acid groups (broad SMARTS) is 1. The maximum atomic E-state index is 15.8. The van der Waals surface area contributed by atoms with Gasteiger partial charge in [-0.3, -0.25) is 9.52 Å². The molecule has 1 atom stereocenters. The molecule has 0 amide bonds. The minimum absolute atomic E-state index is 0.0491. The van der Waals surface area contributed by atoms with Gasteiger partial charge in [0.25, 0.3) is 19.9 Å². The molecule has 2 aliphatic rings. The summed E-state index contributed by atoms with van der Waals surface area (Å²) < 4.78 is 144. The molecule has 406 valence electrons. The summed E-state index contributed by atoms with van der Waals surface area (Å²) in [6.45, 7) is 9.90. The number of nitrogens with one attached hydrogen (secondary N) is 2. The number of anilines is 4. The fraction of sp³-hybridized carbons (Fsp3) is 0.340. The molecule has 1 unspecified atom stereocenters. The lowest BCUT2D eigenvalue weighted by molar-refractivity contribution is -0.158. The van der Waals surface area contributed by atoms with E-state index in [1.807, 2.05) is 63.4 Å². The summed E-state index contributed by atoms with van der Waals surface area (Å²) in [6, 6.07) is 28.7. The van der Waals surface area contributed by atoms with Gasteiger partial charge in [0.1, 0.15) is 10.7 Å². The van der Waals surface area contributed by atoms with Crippen molar-refractivity contribution in [3.8, 4) is 22.4 Å². The second-order valence-corrected chi connectivity index (χ2v) is 26.7. The predicted molar refractivity (Wildman–Crippen MR) is 291 cm³/mol. The number of piperazine rings is 1. The molecular formula is C53H57ClF4N6O8S4. The molecule has 76 heavy (non-hydrogen) atoms. The Kier molecular flexibility index (Phi) is 16.3. The SMILES string of the molecule is Cc1c(S(C)(=O)=O)c(-c2cc(F)cc(N3CCN(c4ccc(NS(=O)(=O)c5ccc(NC(CCN6CC(C)(C(=O)O)C6)CSc6ccccc6)c(S(=O)(=O)C(F)(F)F)c5)cc4)CC3)c2)c(-c2ccc(Cl)cc2)n1C(C)C. The first-order chi connectivity index (χ1) is 35.6. The molecule has 2 saturated heterocycles. The number of carboxylic acids is 1. The maximum Gasteiger partial charge on any atom is 0.501 e. The highest BCUT2D eigenvalue weighted by Gasteiger charge is 2.49. The van der Waals surface area contributed by atoms with E-state index in [1.165, 1.54) is 36.0 Å². The second kappa shape index (κ2) is 21.9. The van der Waals surface area contributed by atoms with Gasteiger partial charge in [0, 0.05) is 108 Å². The smallest absolute Gasteiger partial charge is 0.481 e. The van der Waals surface area contributed by atoms with Crippen LogP contribution < -0.4 is 19.8 Å². The Labute approximate surface area is 449 Å². The Hall–Kier alpha value is -5.78. The van der Waals surface area contributed by atoms with Crippen LogP contribution in [0.2, 0.25) is 5.02 Å². The molecule has 2 aliphatic heterocycles. The molecule has 3 N–H and O–H groups in total. The molecular weight excluding hydrogens is 1090 g/mol. The van der Waals surface area contributed by atoms with Crippen molar-refractivity contribution in [3.63, 3.8) is 0 Å². The third kappa shape index (κ3) is 12.2. The van der Waals surface area contributed by atoms with Crippen molar-refractivity contribution in [1.29, 1.82) is 0 Å². The van der Waals surface area contributed by atoms with Gasteiger partial charge in [-0.25, -0.2) is 29.6 Å². The molecule has 23 heteroatoms. The number of aliphatic carboxylic acids is 1. The number of benzene rings is 5. The monoisotopic (exact) mass is 1140 g/mol. The van der Waals surface area contributed by atoms with Crippen molar-refractivity contribution in [2.45, 2.75) is 71.3 Å². The normalized spacial score (nSPS) is 15.9. The lowest BCUT2D eigenvalue weighted by atomic mass is 9.82. The molecule has 0 radical (unpaired) electrons. The minimum Gasteiger partial charge on any atom is -0.481 e. The third-order valence-corrected chi connectivity index (χ3v) is 19.1. The molecule has 0 aliphatic carbocycles. The molecule has 8 rings (SSSR count). The van der Waals surface area contributed by atoms with E-state index >= 15 is 4.39 Å². The van der Waals surface area contributed by atoms with Crippen molar-refractivity contribution in [1.82, 2.24) is 9.47 Å². The van der Waals surface area contributed by atoms with Gasteiger partial charge in [-0.15, -0.1) is 11.8 Å². The van der Waals surface area contributed by atoms with Crippen LogP contribution in [0.1, 0.15) is 38.9 Å². The summed E-state index contributed by atoms with van der Waals surface area (Å²) in [6.07, 6.45) is 1.43. The number of alkyl halides is 3. The van der Waals surface area contributed by atoms with Gasteiger partial charge < -0.3 is 29.7 Å². The van der Waals surface area contributed by atoms with E-state index in [0.717, 1.165) is 23.3 Å². The van der Waals surface area contributed by atoms with Crippen molar-refractivity contribution >= 4 is 81.8 Å². The first-order valence-electron chi connectivity index (χ1n) is 24.2. The van der Waals surface area contributed by atoms with Crippen LogP contribution in [0.15, 0.2) is 135 Å². The molecule has 0 saturated carbocycles. The zero-order valence-corrected chi connectivity index (χ0v) is 46.1. The average molecular weight is 1150 g/mol. The number of rotatable bonds is 19. The van der Waals surface area contributed by atoms with E-state index in [1.54, 1.807) is 56.3 Å². The highest BCUT2D eigenvalue weighted by molar-refractivity contribution is 7.99. The summed E-state index contributed by atoms with van der Waals surface area (Å²) in [7, 11) is -14.6. The van der Waals surface area contributed by atoms with Crippen molar-refractivity contribution in [2.75, 3.05) is 77.7 Å². The largest absolute Gasteiger partial charge is 0.501 e. The molecule has 0 bridgehead atoms. The molecule has 2 fully saturated rings. The molecule has 3 heterocycles. The van der Waals surface area contributed by atoms with Gasteiger partial charge in [-0.2, -0.15) is 13.2 Å². The van der Waals surface area contributed by atoms with Crippen LogP contribution in [0, 0.1) is 18.2 Å². The zero-order chi connectivity index (χ0) is 55.1. The minimum atomic E-state index is -6.10. The number of hydrogen-bond donors (Lipinski definition) is 3. The van der Waals surface area contributed by atoms with E-state index in [4.69, 9.17) is 11.6 Å². The van der Waals surface area contributed by atoms with Gasteiger partial charge in [0.2, 0.25) is 0 Å². The van der Waals surface area contributed by atoms with Gasteiger partial charge in [0.05, 0.1) is 26.6 Å². The van der Waals surface area contributed by atoms with Crippen molar-refractivity contribution in [2.24, 2.45) is 5.41 Å². The molecule has 0 spiro atoms. The summed E-state index contributed by atoms with van der Waals surface area (Å²) in [5.41, 5.74) is -3.25. The third-order valence-electron chi connectivity index (χ3n) is 13.6. The van der Waals surface area contributed by atoms with Gasteiger partial charge >= 0.3 is 11.5 Å². The van der Waals surface area contributed by atoms with E-state index in [0.29, 0.717) is 89.7 Å². The van der Waals surface area contributed by atoms with Crippen LogP contribution in [0.3, 0.4) is 0 Å². The van der Waals surface area contributed by atoms with Gasteiger partial charge in [-0.1, -0.05) is 41.9 Å². The van der Waals surface area contributed by atoms with E-state index in [9.17, 15) is 48.3 Å². The number of halogens is 5. The highest BCUT2D eigenvalue weighted by Crippen LogP contribution is 2.45. The summed E-state index contributed by atoms with van der Waals surface area (Å²) in [4.78, 5) is 16.5. The standard InChI is InChI=1S/C53H57ClF4N6O8S4/c1-34(2)64-35(3)50(74(5,67)68)48(49(64)36-11-13-38(54)14-12-36)37-27-39(55)29-43(28-37)63-25-23-62(24-26-63)42-17-15-40(16-18-42)60-76(71,72)45-19-20-46(47(30-45)75(69,70)53(56,57)58)59-41(31-73-44-9-7-6-8-10-44)21-22-61-32-52(4,33-61)51(65)66/h6-20,27-30,34,41,59-60H,21-26,31-33H2,1-5H3,(H,65,66). The topological polar surface area (TPSA) is 178 Å².